The number of benzene rings is 1. The van der Waals surface area contributed by atoms with Crippen LogP contribution in [-0.2, 0) is 19.1 Å². The summed E-state index contributed by atoms with van der Waals surface area (Å²) in [6, 6.07) is 3.33. The monoisotopic (exact) mass is 444 g/mol. The molecule has 4 heterocycles. The summed E-state index contributed by atoms with van der Waals surface area (Å²) in [5.41, 5.74) is -0.246. The Balaban J connectivity index is 1.37. The molecule has 1 aromatic carbocycles. The van der Waals surface area contributed by atoms with Gasteiger partial charge in [-0.15, -0.1) is 0 Å². The number of amides is 2. The molecular weight excluding hydrogens is 416 g/mol. The van der Waals surface area contributed by atoms with Crippen molar-refractivity contribution in [2.45, 2.75) is 30.7 Å². The van der Waals surface area contributed by atoms with E-state index >= 15 is 0 Å². The maximum atomic E-state index is 13.4. The molecule has 2 bridgehead atoms. The largest absolute Gasteiger partial charge is 0.493 e. The first-order valence-corrected chi connectivity index (χ1v) is 10.9. The van der Waals surface area contributed by atoms with Gasteiger partial charge in [-0.05, 0) is 12.8 Å². The van der Waals surface area contributed by atoms with Gasteiger partial charge in [-0.1, -0.05) is 12.2 Å². The predicted octanol–water partition coefficient (Wildman–Crippen LogP) is 1.61. The molecule has 4 aliphatic heterocycles. The van der Waals surface area contributed by atoms with E-state index in [1.54, 1.807) is 17.0 Å². The number of rotatable bonds is 7. The fraction of sp³-hybridized carbons (Fsp3) is 0.565. The molecule has 32 heavy (non-hydrogen) atoms. The van der Waals surface area contributed by atoms with Gasteiger partial charge in [0, 0.05) is 31.0 Å². The highest BCUT2D eigenvalue weighted by Crippen LogP contribution is 2.52. The second kappa shape index (κ2) is 7.97. The van der Waals surface area contributed by atoms with E-state index < -0.39 is 23.5 Å². The average molecular weight is 444 g/mol. The summed E-state index contributed by atoms with van der Waals surface area (Å²) in [5, 5.41) is 2.92. The zero-order chi connectivity index (χ0) is 22.5. The lowest BCUT2D eigenvalue weighted by Crippen LogP contribution is -2.42. The van der Waals surface area contributed by atoms with Gasteiger partial charge in [0.1, 0.15) is 5.60 Å². The van der Waals surface area contributed by atoms with Gasteiger partial charge in [-0.2, -0.15) is 0 Å². The number of hydrogen-bond donors (Lipinski definition) is 1. The summed E-state index contributed by atoms with van der Waals surface area (Å²) in [6.07, 6.45) is 5.46. The van der Waals surface area contributed by atoms with E-state index in [2.05, 4.69) is 5.32 Å². The molecule has 0 radical (unpaired) electrons. The van der Waals surface area contributed by atoms with E-state index in [1.807, 2.05) is 12.2 Å². The van der Waals surface area contributed by atoms with Crippen LogP contribution in [0.2, 0.25) is 0 Å². The molecular formula is C23H28N2O7. The van der Waals surface area contributed by atoms with Gasteiger partial charge in [0.25, 0.3) is 0 Å². The van der Waals surface area contributed by atoms with Gasteiger partial charge < -0.3 is 33.9 Å². The fourth-order valence-electron chi connectivity index (χ4n) is 5.45. The third-order valence-corrected chi connectivity index (χ3v) is 6.86. The molecule has 5 atom stereocenters. The molecule has 0 aromatic heterocycles. The maximum Gasteiger partial charge on any atom is 0.231 e. The van der Waals surface area contributed by atoms with Crippen molar-refractivity contribution < 1.29 is 33.3 Å². The van der Waals surface area contributed by atoms with Crippen molar-refractivity contribution in [2.75, 3.05) is 46.3 Å². The van der Waals surface area contributed by atoms with Crippen molar-refractivity contribution in [2.24, 2.45) is 11.8 Å². The van der Waals surface area contributed by atoms with Crippen LogP contribution in [0.5, 0.6) is 17.2 Å². The number of nitrogens with one attached hydrogen (secondary N) is 1. The van der Waals surface area contributed by atoms with E-state index in [0.717, 1.165) is 19.4 Å². The van der Waals surface area contributed by atoms with Crippen LogP contribution in [0.15, 0.2) is 24.3 Å². The lowest BCUT2D eigenvalue weighted by atomic mass is 9.77. The second-order valence-electron chi connectivity index (χ2n) is 8.66. The summed E-state index contributed by atoms with van der Waals surface area (Å²) in [4.78, 5) is 28.5. The number of carbonyl (C=O) groups is 2. The highest BCUT2D eigenvalue weighted by Gasteiger charge is 2.66. The van der Waals surface area contributed by atoms with E-state index in [1.165, 1.54) is 21.3 Å². The number of anilines is 1. The summed E-state index contributed by atoms with van der Waals surface area (Å²) < 4.78 is 28.0. The normalized spacial score (nSPS) is 32.3. The van der Waals surface area contributed by atoms with Gasteiger partial charge in [0.15, 0.2) is 11.5 Å². The molecule has 0 saturated carbocycles. The number of hydrogen-bond acceptors (Lipinski definition) is 7. The van der Waals surface area contributed by atoms with E-state index in [0.29, 0.717) is 36.0 Å². The van der Waals surface area contributed by atoms with E-state index in [9.17, 15) is 9.59 Å². The molecule has 3 unspecified atom stereocenters. The molecule has 9 nitrogen and oxygen atoms in total. The Bertz CT molecular complexity index is 933. The topological polar surface area (TPSA) is 95.6 Å². The minimum Gasteiger partial charge on any atom is -0.493 e. The SMILES string of the molecule is COc1cc(NC(=O)C2C3C(=O)N(CC4CCCO4)C[C@]34C=C[C@@H]2O4)cc(OC)c1OC. The Labute approximate surface area is 186 Å². The smallest absolute Gasteiger partial charge is 0.231 e. The summed E-state index contributed by atoms with van der Waals surface area (Å²) >= 11 is 0. The molecule has 9 heteroatoms. The van der Waals surface area contributed by atoms with Gasteiger partial charge in [0.05, 0.1) is 51.9 Å². The van der Waals surface area contributed by atoms with Crippen molar-refractivity contribution in [1.29, 1.82) is 0 Å². The second-order valence-corrected chi connectivity index (χ2v) is 8.66. The number of carbonyl (C=O) groups excluding carboxylic acids is 2. The van der Waals surface area contributed by atoms with E-state index in [4.69, 9.17) is 23.7 Å². The number of methoxy groups -OCH3 is 3. The third kappa shape index (κ3) is 3.22. The Hall–Kier alpha value is -2.78. The molecule has 2 amide bonds. The van der Waals surface area contributed by atoms with Crippen LogP contribution in [0, 0.1) is 11.8 Å². The molecule has 0 aliphatic carbocycles. The lowest BCUT2D eigenvalue weighted by Gasteiger charge is -2.24. The van der Waals surface area contributed by atoms with Crippen molar-refractivity contribution in [3.63, 3.8) is 0 Å². The highest BCUT2D eigenvalue weighted by molar-refractivity contribution is 5.99. The first-order chi connectivity index (χ1) is 15.5. The van der Waals surface area contributed by atoms with Crippen LogP contribution in [-0.4, -0.2) is 75.5 Å². The molecule has 1 spiro atoms. The third-order valence-electron chi connectivity index (χ3n) is 6.86. The van der Waals surface area contributed by atoms with Crippen LogP contribution in [0.3, 0.4) is 0 Å². The number of ether oxygens (including phenoxy) is 5. The van der Waals surface area contributed by atoms with Gasteiger partial charge in [-0.25, -0.2) is 0 Å². The summed E-state index contributed by atoms with van der Waals surface area (Å²) in [6.45, 7) is 1.73. The Morgan fingerprint density at radius 1 is 1.22 bits per heavy atom. The Kier molecular flexibility index (Phi) is 5.25. The molecule has 172 valence electrons. The molecule has 1 N–H and O–H groups in total. The Morgan fingerprint density at radius 2 is 1.97 bits per heavy atom. The lowest BCUT2D eigenvalue weighted by molar-refractivity contribution is -0.136. The standard InChI is InChI=1S/C23H28N2O7/c1-28-16-9-13(10-17(29-2)20(16)30-3)24-21(26)18-15-6-7-23(32-15)12-25(22(27)19(18)23)11-14-5-4-8-31-14/h6-7,9-10,14-15,18-19H,4-5,8,11-12H2,1-3H3,(H,24,26)/t14?,15-,18?,19?,23+/m0/s1. The van der Waals surface area contributed by atoms with Crippen LogP contribution in [0.25, 0.3) is 0 Å². The number of nitrogens with zero attached hydrogens (tertiary/aromatic N) is 1. The summed E-state index contributed by atoms with van der Waals surface area (Å²) in [5.74, 6) is -0.161. The minimum atomic E-state index is -0.738. The van der Waals surface area contributed by atoms with Crippen molar-refractivity contribution >= 4 is 17.5 Å². The van der Waals surface area contributed by atoms with Gasteiger partial charge >= 0.3 is 0 Å². The molecule has 3 saturated heterocycles. The quantitative estimate of drug-likeness (QED) is 0.639. The fourth-order valence-corrected chi connectivity index (χ4v) is 5.45. The van der Waals surface area contributed by atoms with Crippen LogP contribution in [0.4, 0.5) is 5.69 Å². The molecule has 1 aromatic rings. The predicted molar refractivity (Wildman–Crippen MR) is 114 cm³/mol. The van der Waals surface area contributed by atoms with Crippen molar-refractivity contribution in [3.05, 3.63) is 24.3 Å². The van der Waals surface area contributed by atoms with Crippen LogP contribution in [0.1, 0.15) is 12.8 Å². The molecule has 3 fully saturated rings. The van der Waals surface area contributed by atoms with Crippen molar-refractivity contribution in [1.82, 2.24) is 4.90 Å². The highest BCUT2D eigenvalue weighted by atomic mass is 16.5. The van der Waals surface area contributed by atoms with Crippen molar-refractivity contribution in [3.8, 4) is 17.2 Å². The Morgan fingerprint density at radius 3 is 2.59 bits per heavy atom. The number of fused-ring (bicyclic) bond motifs is 1. The zero-order valence-corrected chi connectivity index (χ0v) is 18.5. The average Bonchev–Trinajstić information content (AvgIpc) is 3.56. The minimum absolute atomic E-state index is 0.0441. The number of likely N-dealkylation sites (tertiary alicyclic amines) is 1. The first-order valence-electron chi connectivity index (χ1n) is 10.9. The molecule has 4 aliphatic rings. The zero-order valence-electron chi connectivity index (χ0n) is 18.5. The van der Waals surface area contributed by atoms with Crippen LogP contribution >= 0.6 is 0 Å². The molecule has 5 rings (SSSR count). The van der Waals surface area contributed by atoms with Gasteiger partial charge in [-0.3, -0.25) is 9.59 Å². The maximum absolute atomic E-state index is 13.4. The first kappa shape index (κ1) is 21.1. The van der Waals surface area contributed by atoms with Gasteiger partial charge in [0.2, 0.25) is 17.6 Å². The van der Waals surface area contributed by atoms with Crippen LogP contribution < -0.4 is 19.5 Å². The summed E-state index contributed by atoms with van der Waals surface area (Å²) in [7, 11) is 4.55. The van der Waals surface area contributed by atoms with E-state index in [-0.39, 0.29) is 17.9 Å².